The van der Waals surface area contributed by atoms with E-state index in [9.17, 15) is 4.79 Å². The summed E-state index contributed by atoms with van der Waals surface area (Å²) >= 11 is 1.67. The second-order valence-corrected chi connectivity index (χ2v) is 8.66. The molecule has 0 spiro atoms. The summed E-state index contributed by atoms with van der Waals surface area (Å²) in [5.74, 6) is 0.00680. The maximum absolute atomic E-state index is 13.1. The van der Waals surface area contributed by atoms with Crippen LogP contribution >= 0.6 is 11.3 Å². The van der Waals surface area contributed by atoms with Gasteiger partial charge in [0.1, 0.15) is 17.0 Å². The number of benzene rings is 1. The number of hydrogen-bond donors (Lipinski definition) is 1. The minimum atomic E-state index is 0.00680. The molecule has 1 aromatic carbocycles. The Morgan fingerprint density at radius 1 is 1.10 bits per heavy atom. The molecule has 29 heavy (non-hydrogen) atoms. The Bertz CT molecular complexity index is 1130. The molecule has 5 rings (SSSR count). The lowest BCUT2D eigenvalue weighted by Gasteiger charge is -2.22. The molecule has 1 aliphatic carbocycles. The highest BCUT2D eigenvalue weighted by Crippen LogP contribution is 2.34. The molecule has 1 amide bonds. The number of thiophene rings is 1. The smallest absolute Gasteiger partial charge is 0.268 e. The molecule has 0 bridgehead atoms. The predicted octanol–water partition coefficient (Wildman–Crippen LogP) is 5.16. The topological polar surface area (TPSA) is 51.9 Å². The number of fused-ring (bicyclic) bond motifs is 1. The molecule has 0 aliphatic heterocycles. The van der Waals surface area contributed by atoms with Gasteiger partial charge < -0.3 is 9.88 Å². The van der Waals surface area contributed by atoms with Crippen LogP contribution in [0.2, 0.25) is 0 Å². The van der Waals surface area contributed by atoms with E-state index in [1.54, 1.807) is 11.3 Å². The lowest BCUT2D eigenvalue weighted by molar-refractivity contribution is 0.0920. The van der Waals surface area contributed by atoms with Gasteiger partial charge in [0.05, 0.1) is 10.6 Å². The molecule has 6 heteroatoms. The third-order valence-electron chi connectivity index (χ3n) is 5.79. The van der Waals surface area contributed by atoms with E-state index in [4.69, 9.17) is 5.10 Å². The number of aromatic nitrogens is 3. The van der Waals surface area contributed by atoms with Gasteiger partial charge in [-0.3, -0.25) is 4.79 Å². The number of carbonyl (C=O) groups excluding carboxylic acids is 1. The van der Waals surface area contributed by atoms with Crippen molar-refractivity contribution in [2.75, 3.05) is 0 Å². The molecule has 0 unspecified atom stereocenters. The summed E-state index contributed by atoms with van der Waals surface area (Å²) in [7, 11) is 1.96. The van der Waals surface area contributed by atoms with Crippen LogP contribution in [-0.4, -0.2) is 26.3 Å². The summed E-state index contributed by atoms with van der Waals surface area (Å²) in [5.41, 5.74) is 3.53. The van der Waals surface area contributed by atoms with Gasteiger partial charge in [0, 0.05) is 18.5 Å². The standard InChI is InChI=1S/C23H24N4OS/c1-26-19(22(28)24-16-9-4-2-5-10-16)15-18-21(20-13-8-14-29-20)25-27(23(18)26)17-11-6-3-7-12-17/h3,6-8,11-16H,2,4-5,9-10H2,1H3,(H,24,28). The van der Waals surface area contributed by atoms with Gasteiger partial charge in [-0.25, -0.2) is 4.68 Å². The van der Waals surface area contributed by atoms with E-state index in [1.807, 2.05) is 58.8 Å². The number of aryl methyl sites for hydroxylation is 1. The number of hydrogen-bond acceptors (Lipinski definition) is 3. The summed E-state index contributed by atoms with van der Waals surface area (Å²) < 4.78 is 3.92. The van der Waals surface area contributed by atoms with E-state index >= 15 is 0 Å². The van der Waals surface area contributed by atoms with Gasteiger partial charge in [-0.1, -0.05) is 43.5 Å². The molecule has 0 radical (unpaired) electrons. The summed E-state index contributed by atoms with van der Waals surface area (Å²) in [6, 6.07) is 16.5. The van der Waals surface area contributed by atoms with Crippen molar-refractivity contribution >= 4 is 28.3 Å². The maximum atomic E-state index is 13.1. The fourth-order valence-corrected chi connectivity index (χ4v) is 5.02. The molecular weight excluding hydrogens is 380 g/mol. The zero-order valence-electron chi connectivity index (χ0n) is 16.5. The van der Waals surface area contributed by atoms with E-state index in [2.05, 4.69) is 16.8 Å². The molecule has 3 heterocycles. The average Bonchev–Trinajstić information content (AvgIpc) is 3.47. The van der Waals surface area contributed by atoms with Crippen LogP contribution in [0.25, 0.3) is 27.3 Å². The van der Waals surface area contributed by atoms with Crippen molar-refractivity contribution in [2.24, 2.45) is 7.05 Å². The first-order chi connectivity index (χ1) is 14.2. The highest BCUT2D eigenvalue weighted by atomic mass is 32.1. The molecule has 1 fully saturated rings. The van der Waals surface area contributed by atoms with Crippen molar-refractivity contribution in [1.29, 1.82) is 0 Å². The molecule has 1 aliphatic rings. The lowest BCUT2D eigenvalue weighted by Crippen LogP contribution is -2.37. The van der Waals surface area contributed by atoms with Crippen molar-refractivity contribution in [2.45, 2.75) is 38.1 Å². The molecule has 148 valence electrons. The molecule has 3 aromatic heterocycles. The quantitative estimate of drug-likeness (QED) is 0.511. The fourth-order valence-electron chi connectivity index (χ4n) is 4.29. The molecule has 0 atom stereocenters. The fraction of sp³-hybridized carbons (Fsp3) is 0.304. The first kappa shape index (κ1) is 18.2. The number of nitrogens with zero attached hydrogens (tertiary/aromatic N) is 3. The first-order valence-electron chi connectivity index (χ1n) is 10.2. The van der Waals surface area contributed by atoms with Gasteiger partial charge in [-0.15, -0.1) is 11.3 Å². The van der Waals surface area contributed by atoms with Crippen LogP contribution in [0.4, 0.5) is 0 Å². The van der Waals surface area contributed by atoms with Crippen LogP contribution in [0, 0.1) is 0 Å². The van der Waals surface area contributed by atoms with Crippen LogP contribution < -0.4 is 5.32 Å². The first-order valence-corrected chi connectivity index (χ1v) is 11.1. The number of nitrogens with one attached hydrogen (secondary N) is 1. The number of amides is 1. The second-order valence-electron chi connectivity index (χ2n) is 7.71. The normalized spacial score (nSPS) is 15.1. The monoisotopic (exact) mass is 404 g/mol. The Morgan fingerprint density at radius 2 is 1.90 bits per heavy atom. The van der Waals surface area contributed by atoms with Gasteiger partial charge in [0.15, 0.2) is 0 Å². The summed E-state index contributed by atoms with van der Waals surface area (Å²) in [5, 5.41) is 11.2. The number of carbonyl (C=O) groups is 1. The maximum Gasteiger partial charge on any atom is 0.268 e. The predicted molar refractivity (Wildman–Crippen MR) is 118 cm³/mol. The zero-order valence-corrected chi connectivity index (χ0v) is 17.3. The largest absolute Gasteiger partial charge is 0.348 e. The van der Waals surface area contributed by atoms with Crippen molar-refractivity contribution in [3.63, 3.8) is 0 Å². The van der Waals surface area contributed by atoms with Crippen LogP contribution in [0.15, 0.2) is 53.9 Å². The van der Waals surface area contributed by atoms with Gasteiger partial charge in [0.2, 0.25) is 0 Å². The Hall–Kier alpha value is -2.86. The van der Waals surface area contributed by atoms with E-state index in [0.29, 0.717) is 5.69 Å². The van der Waals surface area contributed by atoms with E-state index < -0.39 is 0 Å². The molecule has 1 N–H and O–H groups in total. The van der Waals surface area contributed by atoms with E-state index in [1.165, 1.54) is 19.3 Å². The number of para-hydroxylation sites is 1. The highest BCUT2D eigenvalue weighted by Gasteiger charge is 2.24. The van der Waals surface area contributed by atoms with Gasteiger partial charge in [-0.05, 0) is 42.5 Å². The Morgan fingerprint density at radius 3 is 2.62 bits per heavy atom. The van der Waals surface area contributed by atoms with Gasteiger partial charge >= 0.3 is 0 Å². The SMILES string of the molecule is Cn1c(C(=O)NC2CCCCC2)cc2c(-c3cccs3)nn(-c3ccccc3)c21. The van der Waals surface area contributed by atoms with E-state index in [-0.39, 0.29) is 11.9 Å². The Kier molecular flexibility index (Phi) is 4.72. The summed E-state index contributed by atoms with van der Waals surface area (Å²) in [6.45, 7) is 0. The van der Waals surface area contributed by atoms with Crippen molar-refractivity contribution in [1.82, 2.24) is 19.7 Å². The van der Waals surface area contributed by atoms with Crippen LogP contribution in [0.3, 0.4) is 0 Å². The third kappa shape index (κ3) is 3.27. The van der Waals surface area contributed by atoms with Crippen molar-refractivity contribution in [3.8, 4) is 16.3 Å². The molecule has 1 saturated carbocycles. The lowest BCUT2D eigenvalue weighted by atomic mass is 9.95. The minimum Gasteiger partial charge on any atom is -0.348 e. The molecule has 4 aromatic rings. The molecule has 0 saturated heterocycles. The zero-order chi connectivity index (χ0) is 19.8. The van der Waals surface area contributed by atoms with E-state index in [0.717, 1.165) is 40.1 Å². The van der Waals surface area contributed by atoms with Crippen LogP contribution in [0.5, 0.6) is 0 Å². The minimum absolute atomic E-state index is 0.00680. The molecule has 5 nitrogen and oxygen atoms in total. The highest BCUT2D eigenvalue weighted by molar-refractivity contribution is 7.13. The van der Waals surface area contributed by atoms with Crippen molar-refractivity contribution < 1.29 is 4.79 Å². The Balaban J connectivity index is 1.62. The number of rotatable bonds is 4. The average molecular weight is 405 g/mol. The third-order valence-corrected chi connectivity index (χ3v) is 6.66. The van der Waals surface area contributed by atoms with Crippen LogP contribution in [-0.2, 0) is 7.05 Å². The van der Waals surface area contributed by atoms with Crippen molar-refractivity contribution in [3.05, 3.63) is 59.6 Å². The Labute approximate surface area is 174 Å². The summed E-state index contributed by atoms with van der Waals surface area (Å²) in [4.78, 5) is 14.2. The second kappa shape index (κ2) is 7.52. The van der Waals surface area contributed by atoms with Gasteiger partial charge in [-0.2, -0.15) is 5.10 Å². The van der Waals surface area contributed by atoms with Gasteiger partial charge in [0.25, 0.3) is 5.91 Å². The summed E-state index contributed by atoms with van der Waals surface area (Å²) in [6.07, 6.45) is 5.83. The van der Waals surface area contributed by atoms with Crippen LogP contribution in [0.1, 0.15) is 42.6 Å². The molecular formula is C23H24N4OS.